The number of carbonyl (C=O) groups is 2. The van der Waals surface area contributed by atoms with Crippen LogP contribution < -0.4 is 16.2 Å². The normalized spacial score (nSPS) is 13.3. The van der Waals surface area contributed by atoms with E-state index in [1.54, 1.807) is 18.2 Å². The Hall–Kier alpha value is -3.69. The van der Waals surface area contributed by atoms with Gasteiger partial charge in [0.15, 0.2) is 11.5 Å². The minimum Gasteiger partial charge on any atom is -0.463 e. The van der Waals surface area contributed by atoms with E-state index in [1.165, 1.54) is 23.3 Å². The summed E-state index contributed by atoms with van der Waals surface area (Å²) < 4.78 is 11.6. The molecule has 1 fully saturated rings. The highest BCUT2D eigenvalue weighted by Gasteiger charge is 2.30. The van der Waals surface area contributed by atoms with Crippen molar-refractivity contribution in [3.8, 4) is 11.5 Å². The highest BCUT2D eigenvalue weighted by Crippen LogP contribution is 2.30. The Balaban J connectivity index is 1.33. The van der Waals surface area contributed by atoms with E-state index in [0.29, 0.717) is 11.5 Å². The lowest BCUT2D eigenvalue weighted by molar-refractivity contribution is -0.117. The van der Waals surface area contributed by atoms with Gasteiger partial charge in [-0.2, -0.15) is 10.1 Å². The molecule has 0 radical (unpaired) electrons. The third kappa shape index (κ3) is 4.00. The Kier molecular flexibility index (Phi) is 4.75. The average Bonchev–Trinajstić information content (AvgIpc) is 3.20. The summed E-state index contributed by atoms with van der Waals surface area (Å²) in [5, 5.41) is 9.38. The molecule has 0 spiro atoms. The molecule has 2 amide bonds. The maximum Gasteiger partial charge on any atom is 0.302 e. The van der Waals surface area contributed by atoms with Crippen molar-refractivity contribution in [3.05, 3.63) is 52.8 Å². The summed E-state index contributed by atoms with van der Waals surface area (Å²) in [4.78, 5) is 39.7. The number of nitrogens with one attached hydrogen (secondary N) is 2. The average molecular weight is 383 g/mol. The quantitative estimate of drug-likeness (QED) is 0.628. The SMILES string of the molecule is O=C(NCCn1nc(-c2ccco2)ccc1=O)c1coc(NC(=O)C2CC2)n1. The maximum absolute atomic E-state index is 12.1. The number of furan rings is 1. The summed E-state index contributed by atoms with van der Waals surface area (Å²) in [7, 11) is 0. The summed E-state index contributed by atoms with van der Waals surface area (Å²) in [5.74, 6) is -0.0882. The molecule has 3 heterocycles. The van der Waals surface area contributed by atoms with E-state index >= 15 is 0 Å². The van der Waals surface area contributed by atoms with Crippen molar-refractivity contribution in [2.24, 2.45) is 5.92 Å². The number of amides is 2. The van der Waals surface area contributed by atoms with E-state index in [9.17, 15) is 14.4 Å². The van der Waals surface area contributed by atoms with Gasteiger partial charge in [0, 0.05) is 18.5 Å². The van der Waals surface area contributed by atoms with Gasteiger partial charge in [0.05, 0.1) is 12.8 Å². The number of anilines is 1. The van der Waals surface area contributed by atoms with Gasteiger partial charge in [0.2, 0.25) is 5.91 Å². The van der Waals surface area contributed by atoms with Crippen LogP contribution in [0.3, 0.4) is 0 Å². The fraction of sp³-hybridized carbons (Fsp3) is 0.278. The fourth-order valence-electron chi connectivity index (χ4n) is 2.52. The van der Waals surface area contributed by atoms with Crippen LogP contribution in [0.5, 0.6) is 0 Å². The Bertz CT molecular complexity index is 1050. The maximum atomic E-state index is 12.1. The molecule has 0 atom stereocenters. The van der Waals surface area contributed by atoms with E-state index < -0.39 is 5.91 Å². The zero-order chi connectivity index (χ0) is 19.5. The van der Waals surface area contributed by atoms with Gasteiger partial charge in [0.25, 0.3) is 11.5 Å². The number of hydrogen-bond donors (Lipinski definition) is 2. The van der Waals surface area contributed by atoms with Crippen LogP contribution in [0.2, 0.25) is 0 Å². The van der Waals surface area contributed by atoms with Gasteiger partial charge in [-0.15, -0.1) is 0 Å². The van der Waals surface area contributed by atoms with Gasteiger partial charge in [-0.1, -0.05) is 0 Å². The topological polar surface area (TPSA) is 132 Å². The van der Waals surface area contributed by atoms with Crippen LogP contribution in [0.25, 0.3) is 11.5 Å². The van der Waals surface area contributed by atoms with Crippen molar-refractivity contribution in [3.63, 3.8) is 0 Å². The second-order valence-corrected chi connectivity index (χ2v) is 6.31. The number of carbonyl (C=O) groups excluding carboxylic acids is 2. The van der Waals surface area contributed by atoms with Crippen LogP contribution in [0.1, 0.15) is 23.3 Å². The highest BCUT2D eigenvalue weighted by atomic mass is 16.4. The molecule has 10 heteroatoms. The first-order valence-corrected chi connectivity index (χ1v) is 8.77. The molecule has 1 saturated carbocycles. The van der Waals surface area contributed by atoms with Crippen molar-refractivity contribution in [2.45, 2.75) is 19.4 Å². The van der Waals surface area contributed by atoms with Gasteiger partial charge >= 0.3 is 6.01 Å². The van der Waals surface area contributed by atoms with Crippen LogP contribution in [-0.2, 0) is 11.3 Å². The molecule has 4 rings (SSSR count). The Morgan fingerprint density at radius 1 is 1.21 bits per heavy atom. The predicted molar refractivity (Wildman–Crippen MR) is 96.4 cm³/mol. The molecule has 0 aliphatic heterocycles. The predicted octanol–water partition coefficient (Wildman–Crippen LogP) is 1.27. The lowest BCUT2D eigenvalue weighted by atomic mass is 10.3. The van der Waals surface area contributed by atoms with Gasteiger partial charge in [0.1, 0.15) is 12.0 Å². The molecule has 3 aromatic rings. The molecule has 0 unspecified atom stereocenters. The van der Waals surface area contributed by atoms with E-state index in [-0.39, 0.29) is 42.2 Å². The van der Waals surface area contributed by atoms with Gasteiger partial charge in [-0.25, -0.2) is 4.68 Å². The second-order valence-electron chi connectivity index (χ2n) is 6.31. The van der Waals surface area contributed by atoms with Crippen molar-refractivity contribution >= 4 is 17.8 Å². The van der Waals surface area contributed by atoms with Crippen molar-refractivity contribution in [1.29, 1.82) is 0 Å². The summed E-state index contributed by atoms with van der Waals surface area (Å²) in [5.41, 5.74) is 0.260. The summed E-state index contributed by atoms with van der Waals surface area (Å²) in [6, 6.07) is 6.42. The van der Waals surface area contributed by atoms with Crippen molar-refractivity contribution in [2.75, 3.05) is 11.9 Å². The van der Waals surface area contributed by atoms with E-state index in [1.807, 2.05) is 0 Å². The highest BCUT2D eigenvalue weighted by molar-refractivity contribution is 5.94. The first-order valence-electron chi connectivity index (χ1n) is 8.77. The lowest BCUT2D eigenvalue weighted by Crippen LogP contribution is -2.32. The van der Waals surface area contributed by atoms with Crippen molar-refractivity contribution in [1.82, 2.24) is 20.1 Å². The Morgan fingerprint density at radius 2 is 2.07 bits per heavy atom. The molecule has 0 saturated heterocycles. The van der Waals surface area contributed by atoms with Gasteiger partial charge in [-0.05, 0) is 31.0 Å². The lowest BCUT2D eigenvalue weighted by Gasteiger charge is -2.06. The largest absolute Gasteiger partial charge is 0.463 e. The number of aromatic nitrogens is 3. The number of hydrogen-bond acceptors (Lipinski definition) is 7. The molecule has 1 aliphatic carbocycles. The molecule has 2 N–H and O–H groups in total. The second kappa shape index (κ2) is 7.51. The third-order valence-corrected chi connectivity index (χ3v) is 4.16. The number of oxazole rings is 1. The van der Waals surface area contributed by atoms with Gasteiger partial charge in [-0.3, -0.25) is 19.7 Å². The summed E-state index contributed by atoms with van der Waals surface area (Å²) in [6.45, 7) is 0.326. The summed E-state index contributed by atoms with van der Waals surface area (Å²) in [6.07, 6.45) is 4.40. The first kappa shape index (κ1) is 17.7. The molecule has 3 aromatic heterocycles. The molecular formula is C18H17N5O5. The Morgan fingerprint density at radius 3 is 2.82 bits per heavy atom. The molecule has 0 aromatic carbocycles. The molecule has 28 heavy (non-hydrogen) atoms. The third-order valence-electron chi connectivity index (χ3n) is 4.16. The van der Waals surface area contributed by atoms with E-state index in [4.69, 9.17) is 8.83 Å². The minimum absolute atomic E-state index is 0.00642. The van der Waals surface area contributed by atoms with Crippen LogP contribution in [0.15, 0.2) is 50.4 Å². The zero-order valence-electron chi connectivity index (χ0n) is 14.8. The molecule has 1 aliphatic rings. The number of rotatable bonds is 7. The first-order chi connectivity index (χ1) is 13.6. The number of nitrogens with zero attached hydrogens (tertiary/aromatic N) is 3. The van der Waals surface area contributed by atoms with Crippen LogP contribution in [0, 0.1) is 5.92 Å². The van der Waals surface area contributed by atoms with E-state index in [2.05, 4.69) is 20.7 Å². The summed E-state index contributed by atoms with van der Waals surface area (Å²) >= 11 is 0. The van der Waals surface area contributed by atoms with Crippen molar-refractivity contribution < 1.29 is 18.4 Å². The van der Waals surface area contributed by atoms with Crippen LogP contribution >= 0.6 is 0 Å². The smallest absolute Gasteiger partial charge is 0.302 e. The van der Waals surface area contributed by atoms with E-state index in [0.717, 1.165) is 12.8 Å². The Labute approximate surface area is 158 Å². The standard InChI is InChI=1S/C18H17N5O5/c24-15-6-5-12(14-2-1-9-27-14)22-23(15)8-7-19-17(26)13-10-28-18(20-13)21-16(25)11-3-4-11/h1-2,5-6,9-11H,3-4,7-8H2,(H,19,26)(H,20,21,25). The molecule has 10 nitrogen and oxygen atoms in total. The molecule has 0 bridgehead atoms. The molecule has 144 valence electrons. The van der Waals surface area contributed by atoms with Gasteiger partial charge < -0.3 is 14.2 Å². The molecular weight excluding hydrogens is 366 g/mol. The fourth-order valence-corrected chi connectivity index (χ4v) is 2.52. The minimum atomic E-state index is -0.481. The van der Waals surface area contributed by atoms with Crippen LogP contribution in [0.4, 0.5) is 6.01 Å². The zero-order valence-corrected chi connectivity index (χ0v) is 14.8. The van der Waals surface area contributed by atoms with Crippen LogP contribution in [-0.4, -0.2) is 33.1 Å². The monoisotopic (exact) mass is 383 g/mol.